The summed E-state index contributed by atoms with van der Waals surface area (Å²) < 4.78 is 19.7. The zero-order valence-corrected chi connectivity index (χ0v) is 24.3. The molecular weight excluding hydrogens is 716 g/mol. The van der Waals surface area contributed by atoms with E-state index in [1.165, 1.54) is 11.6 Å². The van der Waals surface area contributed by atoms with E-state index >= 15 is 0 Å². The van der Waals surface area contributed by atoms with E-state index in [4.69, 9.17) is 18.9 Å². The molecule has 5 aromatic rings. The van der Waals surface area contributed by atoms with Crippen LogP contribution < -0.4 is 15.0 Å². The van der Waals surface area contributed by atoms with E-state index in [0.717, 1.165) is 5.39 Å². The Balaban J connectivity index is 1.63. The smallest absolute Gasteiger partial charge is 0.344 e. The molecule has 1 N–H and O–H groups in total. The topological polar surface area (TPSA) is 116 Å². The third-order valence-corrected chi connectivity index (χ3v) is 7.30. The molecule has 3 aromatic carbocycles. The van der Waals surface area contributed by atoms with Crippen LogP contribution in [0.25, 0.3) is 33.5 Å². The minimum atomic E-state index is -1.05. The summed E-state index contributed by atoms with van der Waals surface area (Å²) in [5.41, 5.74) is 1.44. The van der Waals surface area contributed by atoms with Crippen LogP contribution in [0.15, 0.2) is 75.0 Å². The standard InChI is InChI=1S/C27H19I2N3O6/c1-14(27(34)35)37-24-18(28)10-15(11-19(24)29)13-30-32-25(31-20-7-4-3-6-16(20)26(32)33)23-12-17-21(36-2)8-5-9-22(17)38-23/h3-14H,1-2H3,(H,34,35)/t14-/m1/s1. The predicted molar refractivity (Wildman–Crippen MR) is 160 cm³/mol. The highest BCUT2D eigenvalue weighted by Gasteiger charge is 2.19. The second-order valence-corrected chi connectivity index (χ2v) is 10.5. The number of benzene rings is 3. The summed E-state index contributed by atoms with van der Waals surface area (Å²) in [4.78, 5) is 29.4. The van der Waals surface area contributed by atoms with Gasteiger partial charge in [-0.2, -0.15) is 9.78 Å². The van der Waals surface area contributed by atoms with Crippen LogP contribution in [0.2, 0.25) is 0 Å². The van der Waals surface area contributed by atoms with Gasteiger partial charge in [0.15, 0.2) is 11.9 Å². The first-order chi connectivity index (χ1) is 18.3. The monoisotopic (exact) mass is 735 g/mol. The highest BCUT2D eigenvalue weighted by atomic mass is 127. The van der Waals surface area contributed by atoms with Gasteiger partial charge in [-0.25, -0.2) is 9.78 Å². The summed E-state index contributed by atoms with van der Waals surface area (Å²) in [6.45, 7) is 1.47. The molecule has 5 rings (SSSR count). The van der Waals surface area contributed by atoms with Crippen molar-refractivity contribution in [2.45, 2.75) is 13.0 Å². The normalized spacial score (nSPS) is 12.3. The fourth-order valence-electron chi connectivity index (χ4n) is 3.83. The van der Waals surface area contributed by atoms with Crippen LogP contribution in [0.3, 0.4) is 0 Å². The fourth-order valence-corrected chi connectivity index (χ4v) is 5.90. The maximum Gasteiger partial charge on any atom is 0.344 e. The molecule has 0 unspecified atom stereocenters. The number of hydrogen-bond donors (Lipinski definition) is 1. The highest BCUT2D eigenvalue weighted by Crippen LogP contribution is 2.33. The Morgan fingerprint density at radius 1 is 1.11 bits per heavy atom. The number of carboxylic acids is 1. The molecule has 0 radical (unpaired) electrons. The van der Waals surface area contributed by atoms with Gasteiger partial charge in [-0.3, -0.25) is 4.79 Å². The number of methoxy groups -OCH3 is 1. The zero-order valence-electron chi connectivity index (χ0n) is 20.0. The number of ether oxygens (including phenoxy) is 2. The Morgan fingerprint density at radius 2 is 1.84 bits per heavy atom. The van der Waals surface area contributed by atoms with Gasteiger partial charge in [-0.05, 0) is 100 Å². The molecule has 192 valence electrons. The number of rotatable bonds is 7. The fraction of sp³-hybridized carbons (Fsp3) is 0.111. The number of para-hydroxylation sites is 1. The number of hydrogen-bond acceptors (Lipinski definition) is 7. The van der Waals surface area contributed by atoms with Crippen LogP contribution in [0.1, 0.15) is 12.5 Å². The van der Waals surface area contributed by atoms with Crippen LogP contribution >= 0.6 is 45.2 Å². The molecule has 2 aromatic heterocycles. The molecular formula is C27H19I2N3O6. The Kier molecular flexibility index (Phi) is 7.38. The van der Waals surface area contributed by atoms with Crippen molar-refractivity contribution in [2.24, 2.45) is 5.10 Å². The minimum Gasteiger partial charge on any atom is -0.496 e. The van der Waals surface area contributed by atoms with Gasteiger partial charge < -0.3 is 19.0 Å². The lowest BCUT2D eigenvalue weighted by molar-refractivity contribution is -0.144. The van der Waals surface area contributed by atoms with Gasteiger partial charge in [0, 0.05) is 0 Å². The van der Waals surface area contributed by atoms with Crippen LogP contribution in [-0.2, 0) is 4.79 Å². The number of aliphatic carboxylic acids is 1. The summed E-state index contributed by atoms with van der Waals surface area (Å²) in [7, 11) is 1.58. The molecule has 0 aliphatic rings. The number of furan rings is 1. The van der Waals surface area contributed by atoms with Crippen molar-refractivity contribution in [3.63, 3.8) is 0 Å². The molecule has 0 aliphatic heterocycles. The van der Waals surface area contributed by atoms with Crippen molar-refractivity contribution < 1.29 is 23.8 Å². The maximum absolute atomic E-state index is 13.5. The van der Waals surface area contributed by atoms with Crippen LogP contribution in [-0.4, -0.2) is 40.2 Å². The molecule has 0 bridgehead atoms. The summed E-state index contributed by atoms with van der Waals surface area (Å²) in [5.74, 6) is 0.656. The molecule has 0 fully saturated rings. The predicted octanol–water partition coefficient (Wildman–Crippen LogP) is 5.76. The molecule has 0 spiro atoms. The second-order valence-electron chi connectivity index (χ2n) is 8.21. The zero-order chi connectivity index (χ0) is 27.0. The lowest BCUT2D eigenvalue weighted by Crippen LogP contribution is -2.23. The van der Waals surface area contributed by atoms with Gasteiger partial charge in [0.25, 0.3) is 5.56 Å². The SMILES string of the molecule is COc1cccc2oc(-c3nc4ccccc4c(=O)n3N=Cc3cc(I)c(O[C@H](C)C(=O)O)c(I)c3)cc12. The first kappa shape index (κ1) is 26.2. The van der Waals surface area contributed by atoms with Gasteiger partial charge in [0.2, 0.25) is 5.82 Å². The molecule has 38 heavy (non-hydrogen) atoms. The Morgan fingerprint density at radius 3 is 2.55 bits per heavy atom. The third kappa shape index (κ3) is 4.99. The number of nitrogens with zero attached hydrogens (tertiary/aromatic N) is 3. The first-order valence-corrected chi connectivity index (χ1v) is 13.4. The number of aromatic nitrogens is 2. The van der Waals surface area contributed by atoms with Gasteiger partial charge >= 0.3 is 5.97 Å². The summed E-state index contributed by atoms with van der Waals surface area (Å²) >= 11 is 4.16. The highest BCUT2D eigenvalue weighted by molar-refractivity contribution is 14.1. The van der Waals surface area contributed by atoms with Crippen molar-refractivity contribution in [3.05, 3.63) is 83.7 Å². The molecule has 0 saturated carbocycles. The van der Waals surface area contributed by atoms with Crippen molar-refractivity contribution in [3.8, 4) is 23.1 Å². The Hall–Kier alpha value is -3.46. The summed E-state index contributed by atoms with van der Waals surface area (Å²) in [6, 6.07) is 17.9. The minimum absolute atomic E-state index is 0.239. The number of carbonyl (C=O) groups is 1. The molecule has 0 saturated heterocycles. The van der Waals surface area contributed by atoms with Crippen molar-refractivity contribution in [1.29, 1.82) is 0 Å². The van der Waals surface area contributed by atoms with Gasteiger partial charge in [-0.15, -0.1) is 0 Å². The average molecular weight is 735 g/mol. The van der Waals surface area contributed by atoms with E-state index in [0.29, 0.717) is 46.4 Å². The molecule has 2 heterocycles. The second kappa shape index (κ2) is 10.7. The summed E-state index contributed by atoms with van der Waals surface area (Å²) in [5, 5.41) is 14.8. The lowest BCUT2D eigenvalue weighted by atomic mass is 10.2. The van der Waals surface area contributed by atoms with Gasteiger partial charge in [-0.1, -0.05) is 18.2 Å². The molecule has 11 heteroatoms. The van der Waals surface area contributed by atoms with E-state index in [2.05, 4.69) is 50.3 Å². The first-order valence-electron chi connectivity index (χ1n) is 11.3. The quantitative estimate of drug-likeness (QED) is 0.167. The van der Waals surface area contributed by atoms with E-state index in [9.17, 15) is 14.7 Å². The van der Waals surface area contributed by atoms with Gasteiger partial charge in [0.1, 0.15) is 17.1 Å². The average Bonchev–Trinajstić information content (AvgIpc) is 3.34. The maximum atomic E-state index is 13.5. The van der Waals surface area contributed by atoms with Gasteiger partial charge in [0.05, 0.1) is 36.8 Å². The van der Waals surface area contributed by atoms with Crippen LogP contribution in [0.4, 0.5) is 0 Å². The van der Waals surface area contributed by atoms with E-state index in [-0.39, 0.29) is 11.4 Å². The third-order valence-electron chi connectivity index (χ3n) is 5.70. The van der Waals surface area contributed by atoms with Crippen molar-refractivity contribution in [1.82, 2.24) is 9.66 Å². The number of halogens is 2. The van der Waals surface area contributed by atoms with E-state index in [1.54, 1.807) is 49.7 Å². The molecule has 0 amide bonds. The van der Waals surface area contributed by atoms with E-state index < -0.39 is 12.1 Å². The largest absolute Gasteiger partial charge is 0.496 e. The Labute approximate surface area is 243 Å². The molecule has 9 nitrogen and oxygen atoms in total. The summed E-state index contributed by atoms with van der Waals surface area (Å²) in [6.07, 6.45) is 0.545. The Bertz CT molecular complexity index is 1770. The molecule has 1 atom stereocenters. The van der Waals surface area contributed by atoms with Crippen molar-refractivity contribution in [2.75, 3.05) is 7.11 Å². The van der Waals surface area contributed by atoms with Crippen molar-refractivity contribution >= 4 is 79.2 Å². The van der Waals surface area contributed by atoms with E-state index in [1.807, 2.05) is 24.3 Å². The molecule has 0 aliphatic carbocycles. The lowest BCUT2D eigenvalue weighted by Gasteiger charge is -2.14. The number of carboxylic acid groups (broad SMARTS) is 1. The van der Waals surface area contributed by atoms with Crippen LogP contribution in [0, 0.1) is 7.14 Å². The number of fused-ring (bicyclic) bond motifs is 2. The van der Waals surface area contributed by atoms with Crippen LogP contribution in [0.5, 0.6) is 11.5 Å².